The van der Waals surface area contributed by atoms with E-state index in [-0.39, 0.29) is 5.75 Å². The standard InChI is InChI=1S/C19H15N3O/c23-16-11-13(17-2-1-3-19-18(17)6-9-21-19)10-15(12-16)22-14-4-7-20-8-5-14/h1-12,21,23H,(H,20,22). The molecule has 2 heterocycles. The smallest absolute Gasteiger partial charge is 0.118 e. The maximum absolute atomic E-state index is 10.1. The molecular weight excluding hydrogens is 286 g/mol. The predicted octanol–water partition coefficient (Wildman–Crippen LogP) is 4.68. The number of H-pyrrole nitrogens is 1. The molecule has 2 aromatic heterocycles. The van der Waals surface area contributed by atoms with Gasteiger partial charge in [-0.2, -0.15) is 0 Å². The number of hydrogen-bond donors (Lipinski definition) is 3. The van der Waals surface area contributed by atoms with Gasteiger partial charge in [-0.3, -0.25) is 4.98 Å². The molecule has 4 nitrogen and oxygen atoms in total. The highest BCUT2D eigenvalue weighted by atomic mass is 16.3. The quantitative estimate of drug-likeness (QED) is 0.515. The molecule has 0 aliphatic rings. The van der Waals surface area contributed by atoms with E-state index in [9.17, 15) is 5.11 Å². The molecule has 0 aliphatic heterocycles. The number of aromatic hydroxyl groups is 1. The summed E-state index contributed by atoms with van der Waals surface area (Å²) in [7, 11) is 0. The van der Waals surface area contributed by atoms with E-state index in [1.807, 2.05) is 42.6 Å². The molecule has 0 bridgehead atoms. The number of phenols is 1. The lowest BCUT2D eigenvalue weighted by atomic mass is 10.0. The molecule has 0 spiro atoms. The van der Waals surface area contributed by atoms with Crippen molar-refractivity contribution in [2.75, 3.05) is 5.32 Å². The lowest BCUT2D eigenvalue weighted by Crippen LogP contribution is -1.91. The topological polar surface area (TPSA) is 60.9 Å². The molecule has 4 aromatic rings. The summed E-state index contributed by atoms with van der Waals surface area (Å²) in [6.07, 6.45) is 5.38. The highest BCUT2D eigenvalue weighted by Gasteiger charge is 2.07. The van der Waals surface area contributed by atoms with Crippen molar-refractivity contribution in [2.45, 2.75) is 0 Å². The average Bonchev–Trinajstić information content (AvgIpc) is 3.04. The molecule has 2 aromatic carbocycles. The van der Waals surface area contributed by atoms with Crippen LogP contribution in [0, 0.1) is 0 Å². The summed E-state index contributed by atoms with van der Waals surface area (Å²) in [4.78, 5) is 7.22. The summed E-state index contributed by atoms with van der Waals surface area (Å²) in [6, 6.07) is 17.4. The van der Waals surface area contributed by atoms with Crippen molar-refractivity contribution in [3.8, 4) is 16.9 Å². The van der Waals surface area contributed by atoms with Crippen molar-refractivity contribution in [1.29, 1.82) is 0 Å². The zero-order chi connectivity index (χ0) is 15.6. The number of anilines is 2. The first-order valence-electron chi connectivity index (χ1n) is 7.37. The van der Waals surface area contributed by atoms with Crippen LogP contribution < -0.4 is 5.32 Å². The number of pyridine rings is 1. The van der Waals surface area contributed by atoms with Crippen molar-refractivity contribution < 1.29 is 5.11 Å². The van der Waals surface area contributed by atoms with E-state index in [2.05, 4.69) is 21.4 Å². The maximum atomic E-state index is 10.1. The van der Waals surface area contributed by atoms with Gasteiger partial charge in [0.1, 0.15) is 5.75 Å². The van der Waals surface area contributed by atoms with Crippen LogP contribution in [0.2, 0.25) is 0 Å². The summed E-state index contributed by atoms with van der Waals surface area (Å²) in [5.74, 6) is 0.228. The third-order valence-electron chi connectivity index (χ3n) is 3.79. The Kier molecular flexibility index (Phi) is 3.20. The highest BCUT2D eigenvalue weighted by Crippen LogP contribution is 2.33. The lowest BCUT2D eigenvalue weighted by Gasteiger charge is -2.10. The van der Waals surface area contributed by atoms with E-state index in [4.69, 9.17) is 0 Å². The second-order valence-electron chi connectivity index (χ2n) is 5.37. The monoisotopic (exact) mass is 301 g/mol. The first-order valence-corrected chi connectivity index (χ1v) is 7.37. The van der Waals surface area contributed by atoms with E-state index in [1.54, 1.807) is 24.5 Å². The molecule has 0 aliphatic carbocycles. The Morgan fingerprint density at radius 3 is 2.65 bits per heavy atom. The predicted molar refractivity (Wildman–Crippen MR) is 92.9 cm³/mol. The van der Waals surface area contributed by atoms with Crippen LogP contribution in [-0.4, -0.2) is 15.1 Å². The Balaban J connectivity index is 1.79. The van der Waals surface area contributed by atoms with Crippen LogP contribution in [0.3, 0.4) is 0 Å². The lowest BCUT2D eigenvalue weighted by molar-refractivity contribution is 0.476. The third kappa shape index (κ3) is 2.62. The van der Waals surface area contributed by atoms with Gasteiger partial charge in [0.15, 0.2) is 0 Å². The van der Waals surface area contributed by atoms with Gasteiger partial charge in [0, 0.05) is 46.9 Å². The van der Waals surface area contributed by atoms with Gasteiger partial charge in [0.05, 0.1) is 0 Å². The van der Waals surface area contributed by atoms with Crippen LogP contribution in [0.15, 0.2) is 73.2 Å². The minimum Gasteiger partial charge on any atom is -0.508 e. The average molecular weight is 301 g/mol. The van der Waals surface area contributed by atoms with Crippen molar-refractivity contribution >= 4 is 22.3 Å². The number of phenolic OH excluding ortho intramolecular Hbond substituents is 1. The number of nitrogens with zero attached hydrogens (tertiary/aromatic N) is 1. The van der Waals surface area contributed by atoms with Gasteiger partial charge in [0.2, 0.25) is 0 Å². The maximum Gasteiger partial charge on any atom is 0.118 e. The van der Waals surface area contributed by atoms with E-state index in [1.165, 1.54) is 0 Å². The normalized spacial score (nSPS) is 10.8. The fourth-order valence-corrected chi connectivity index (χ4v) is 2.78. The SMILES string of the molecule is Oc1cc(Nc2ccncc2)cc(-c2cccc3[nH]ccc23)c1. The van der Waals surface area contributed by atoms with Crippen LogP contribution in [0.5, 0.6) is 5.75 Å². The molecule has 23 heavy (non-hydrogen) atoms. The second-order valence-corrected chi connectivity index (χ2v) is 5.37. The third-order valence-corrected chi connectivity index (χ3v) is 3.79. The van der Waals surface area contributed by atoms with Gasteiger partial charge in [-0.15, -0.1) is 0 Å². The summed E-state index contributed by atoms with van der Waals surface area (Å²) >= 11 is 0. The molecule has 0 fully saturated rings. The first kappa shape index (κ1) is 13.4. The Morgan fingerprint density at radius 1 is 0.913 bits per heavy atom. The number of hydrogen-bond acceptors (Lipinski definition) is 3. The Hall–Kier alpha value is -3.27. The molecule has 3 N–H and O–H groups in total. The Bertz CT molecular complexity index is 961. The van der Waals surface area contributed by atoms with Gasteiger partial charge in [0.25, 0.3) is 0 Å². The highest BCUT2D eigenvalue weighted by molar-refractivity contribution is 5.96. The van der Waals surface area contributed by atoms with E-state index < -0.39 is 0 Å². The number of aromatic nitrogens is 2. The summed E-state index contributed by atoms with van der Waals surface area (Å²) in [5, 5.41) is 14.5. The molecule has 112 valence electrons. The van der Waals surface area contributed by atoms with Crippen LogP contribution >= 0.6 is 0 Å². The number of nitrogens with one attached hydrogen (secondary N) is 2. The number of aromatic amines is 1. The molecule has 0 atom stereocenters. The summed E-state index contributed by atoms with van der Waals surface area (Å²) < 4.78 is 0. The largest absolute Gasteiger partial charge is 0.508 e. The second kappa shape index (κ2) is 5.50. The van der Waals surface area contributed by atoms with E-state index in [0.717, 1.165) is 33.4 Å². The van der Waals surface area contributed by atoms with Crippen LogP contribution in [0.1, 0.15) is 0 Å². The van der Waals surface area contributed by atoms with Gasteiger partial charge in [-0.05, 0) is 47.5 Å². The first-order chi connectivity index (χ1) is 11.3. The zero-order valence-electron chi connectivity index (χ0n) is 12.3. The number of fused-ring (bicyclic) bond motifs is 1. The van der Waals surface area contributed by atoms with Gasteiger partial charge < -0.3 is 15.4 Å². The summed E-state index contributed by atoms with van der Waals surface area (Å²) in [6.45, 7) is 0. The molecule has 4 rings (SSSR count). The fourth-order valence-electron chi connectivity index (χ4n) is 2.78. The molecule has 4 heteroatoms. The zero-order valence-corrected chi connectivity index (χ0v) is 12.3. The van der Waals surface area contributed by atoms with Crippen LogP contribution in [0.4, 0.5) is 11.4 Å². The number of rotatable bonds is 3. The Morgan fingerprint density at radius 2 is 1.78 bits per heavy atom. The Labute approximate surface area is 133 Å². The van der Waals surface area contributed by atoms with E-state index >= 15 is 0 Å². The minimum atomic E-state index is 0.228. The number of benzene rings is 2. The molecular formula is C19H15N3O. The molecule has 0 radical (unpaired) electrons. The fraction of sp³-hybridized carbons (Fsp3) is 0. The van der Waals surface area contributed by atoms with Crippen molar-refractivity contribution in [3.63, 3.8) is 0 Å². The molecule has 0 saturated heterocycles. The molecule has 0 amide bonds. The van der Waals surface area contributed by atoms with Crippen LogP contribution in [0.25, 0.3) is 22.0 Å². The summed E-state index contributed by atoms with van der Waals surface area (Å²) in [5.41, 5.74) is 4.88. The van der Waals surface area contributed by atoms with Crippen molar-refractivity contribution in [1.82, 2.24) is 9.97 Å². The van der Waals surface area contributed by atoms with E-state index in [0.29, 0.717) is 0 Å². The van der Waals surface area contributed by atoms with Crippen LogP contribution in [-0.2, 0) is 0 Å². The van der Waals surface area contributed by atoms with Gasteiger partial charge >= 0.3 is 0 Å². The molecule has 0 unspecified atom stereocenters. The molecule has 0 saturated carbocycles. The van der Waals surface area contributed by atoms with Crippen molar-refractivity contribution in [3.05, 3.63) is 73.2 Å². The minimum absolute atomic E-state index is 0.228. The van der Waals surface area contributed by atoms with Crippen molar-refractivity contribution in [2.24, 2.45) is 0 Å². The van der Waals surface area contributed by atoms with Gasteiger partial charge in [-0.25, -0.2) is 0 Å². The van der Waals surface area contributed by atoms with Gasteiger partial charge in [-0.1, -0.05) is 12.1 Å².